The first-order valence-corrected chi connectivity index (χ1v) is 8.87. The van der Waals surface area contributed by atoms with Gasteiger partial charge in [0, 0.05) is 24.7 Å². The van der Waals surface area contributed by atoms with E-state index in [2.05, 4.69) is 4.74 Å². The number of carbonyl (C=O) groups is 2. The molecular formula is C20H28O4. The van der Waals surface area contributed by atoms with E-state index >= 15 is 0 Å². The van der Waals surface area contributed by atoms with E-state index in [1.54, 1.807) is 0 Å². The van der Waals surface area contributed by atoms with Crippen molar-refractivity contribution in [1.82, 2.24) is 0 Å². The minimum absolute atomic E-state index is 0.0758. The summed E-state index contributed by atoms with van der Waals surface area (Å²) in [5.74, 6) is -0.136. The summed E-state index contributed by atoms with van der Waals surface area (Å²) in [6, 6.07) is 8.14. The first-order valence-electron chi connectivity index (χ1n) is 8.87. The lowest BCUT2D eigenvalue weighted by molar-refractivity contribution is -0.140. The van der Waals surface area contributed by atoms with E-state index in [-0.39, 0.29) is 30.0 Å². The van der Waals surface area contributed by atoms with Crippen molar-refractivity contribution in [2.75, 3.05) is 7.11 Å². The Morgan fingerprint density at radius 2 is 1.83 bits per heavy atom. The highest BCUT2D eigenvalue weighted by molar-refractivity contribution is 5.85. The molecule has 0 amide bonds. The van der Waals surface area contributed by atoms with Crippen molar-refractivity contribution < 1.29 is 19.4 Å². The Labute approximate surface area is 144 Å². The van der Waals surface area contributed by atoms with Gasteiger partial charge in [-0.2, -0.15) is 0 Å². The Hall–Kier alpha value is -1.68. The van der Waals surface area contributed by atoms with E-state index in [1.807, 2.05) is 31.2 Å². The molecule has 0 bridgehead atoms. The standard InChI is InChI=1S/C20H28O4/c1-14-9-11-15(12-10-14)20-16(17(21)13-18(20)22)7-5-3-4-6-8-19(23)24-2/h9-12,16,18,20,22H,3-8,13H2,1-2H3/t16-,18+,20+/m0/s1. The van der Waals surface area contributed by atoms with Gasteiger partial charge in [0.25, 0.3) is 0 Å². The minimum Gasteiger partial charge on any atom is -0.469 e. The summed E-state index contributed by atoms with van der Waals surface area (Å²) in [5, 5.41) is 10.3. The summed E-state index contributed by atoms with van der Waals surface area (Å²) in [6.07, 6.45) is 4.72. The van der Waals surface area contributed by atoms with Gasteiger partial charge >= 0.3 is 5.97 Å². The first kappa shape index (κ1) is 18.7. The maximum Gasteiger partial charge on any atom is 0.305 e. The molecule has 132 valence electrons. The second-order valence-electron chi connectivity index (χ2n) is 6.81. The van der Waals surface area contributed by atoms with Gasteiger partial charge < -0.3 is 9.84 Å². The van der Waals surface area contributed by atoms with Crippen molar-refractivity contribution in [3.05, 3.63) is 35.4 Å². The largest absolute Gasteiger partial charge is 0.469 e. The molecular weight excluding hydrogens is 304 g/mol. The van der Waals surface area contributed by atoms with Gasteiger partial charge in [0.05, 0.1) is 13.2 Å². The molecule has 1 aliphatic rings. The highest BCUT2D eigenvalue weighted by Crippen LogP contribution is 2.40. The van der Waals surface area contributed by atoms with Gasteiger partial charge in [-0.25, -0.2) is 0 Å². The fraction of sp³-hybridized carbons (Fsp3) is 0.600. The molecule has 4 heteroatoms. The maximum atomic E-state index is 12.3. The van der Waals surface area contributed by atoms with E-state index in [1.165, 1.54) is 12.7 Å². The lowest BCUT2D eigenvalue weighted by Crippen LogP contribution is -2.18. The second kappa shape index (κ2) is 8.97. The summed E-state index contributed by atoms with van der Waals surface area (Å²) >= 11 is 0. The van der Waals surface area contributed by atoms with Crippen molar-refractivity contribution in [1.29, 1.82) is 0 Å². The van der Waals surface area contributed by atoms with E-state index < -0.39 is 6.10 Å². The molecule has 0 aromatic heterocycles. The van der Waals surface area contributed by atoms with Crippen LogP contribution in [0.2, 0.25) is 0 Å². The van der Waals surface area contributed by atoms with E-state index in [0.29, 0.717) is 6.42 Å². The molecule has 0 spiro atoms. The van der Waals surface area contributed by atoms with Crippen LogP contribution in [0.4, 0.5) is 0 Å². The number of aliphatic hydroxyl groups is 1. The number of ketones is 1. The average Bonchev–Trinajstić information content (AvgIpc) is 2.85. The van der Waals surface area contributed by atoms with Crippen molar-refractivity contribution in [2.24, 2.45) is 5.92 Å². The summed E-state index contributed by atoms with van der Waals surface area (Å²) in [5.41, 5.74) is 2.24. The lowest BCUT2D eigenvalue weighted by Gasteiger charge is -2.21. The number of methoxy groups -OCH3 is 1. The predicted octanol–water partition coefficient (Wildman–Crippen LogP) is 3.54. The zero-order valence-electron chi connectivity index (χ0n) is 14.7. The topological polar surface area (TPSA) is 63.6 Å². The normalized spacial score (nSPS) is 23.5. The number of ether oxygens (including phenoxy) is 1. The molecule has 3 atom stereocenters. The van der Waals surface area contributed by atoms with Crippen LogP contribution in [0, 0.1) is 12.8 Å². The SMILES string of the molecule is COC(=O)CCCCCC[C@H]1C(=O)C[C@@H](O)[C@@H]1c1ccc(C)cc1. The number of carbonyl (C=O) groups excluding carboxylic acids is 2. The van der Waals surface area contributed by atoms with Crippen LogP contribution in [0.1, 0.15) is 62.0 Å². The third-order valence-corrected chi connectivity index (χ3v) is 5.01. The molecule has 0 saturated heterocycles. The molecule has 1 aliphatic carbocycles. The third kappa shape index (κ3) is 4.91. The molecule has 1 aromatic rings. The monoisotopic (exact) mass is 332 g/mol. The van der Waals surface area contributed by atoms with Gasteiger partial charge in [0.2, 0.25) is 0 Å². The summed E-state index contributed by atoms with van der Waals surface area (Å²) in [6.45, 7) is 2.03. The van der Waals surface area contributed by atoms with Crippen LogP contribution < -0.4 is 0 Å². The molecule has 0 aliphatic heterocycles. The van der Waals surface area contributed by atoms with Crippen molar-refractivity contribution >= 4 is 11.8 Å². The summed E-state index contributed by atoms with van der Waals surface area (Å²) in [4.78, 5) is 23.3. The molecule has 1 aromatic carbocycles. The van der Waals surface area contributed by atoms with E-state index in [9.17, 15) is 14.7 Å². The number of hydrogen-bond acceptors (Lipinski definition) is 4. The van der Waals surface area contributed by atoms with Crippen LogP contribution in [0.3, 0.4) is 0 Å². The number of esters is 1. The van der Waals surface area contributed by atoms with Crippen LogP contribution in [0.25, 0.3) is 0 Å². The van der Waals surface area contributed by atoms with Gasteiger partial charge in [-0.05, 0) is 25.3 Å². The Morgan fingerprint density at radius 1 is 1.17 bits per heavy atom. The second-order valence-corrected chi connectivity index (χ2v) is 6.81. The number of Topliss-reactive ketones (excluding diaryl/α,β-unsaturated/α-hetero) is 1. The number of aliphatic hydroxyl groups excluding tert-OH is 1. The number of aryl methyl sites for hydroxylation is 1. The van der Waals surface area contributed by atoms with Gasteiger partial charge in [-0.1, -0.05) is 49.1 Å². The fourth-order valence-corrected chi connectivity index (χ4v) is 3.63. The molecule has 1 fully saturated rings. The minimum atomic E-state index is -0.565. The zero-order valence-corrected chi connectivity index (χ0v) is 14.7. The Bertz CT molecular complexity index is 549. The summed E-state index contributed by atoms with van der Waals surface area (Å²) < 4.78 is 4.62. The zero-order chi connectivity index (χ0) is 17.5. The van der Waals surface area contributed by atoms with Crippen molar-refractivity contribution in [3.63, 3.8) is 0 Å². The van der Waals surface area contributed by atoms with Crippen molar-refractivity contribution in [2.45, 2.75) is 63.9 Å². The Kier molecular flexibility index (Phi) is 6.98. The molecule has 24 heavy (non-hydrogen) atoms. The van der Waals surface area contributed by atoms with E-state index in [4.69, 9.17) is 0 Å². The van der Waals surface area contributed by atoms with E-state index in [0.717, 1.165) is 37.7 Å². The van der Waals surface area contributed by atoms with Gasteiger partial charge in [-0.15, -0.1) is 0 Å². The third-order valence-electron chi connectivity index (χ3n) is 5.01. The lowest BCUT2D eigenvalue weighted by atomic mass is 9.84. The van der Waals surface area contributed by atoms with Gasteiger partial charge in [0.15, 0.2) is 0 Å². The van der Waals surface area contributed by atoms with Crippen LogP contribution in [-0.2, 0) is 14.3 Å². The molecule has 0 radical (unpaired) electrons. The Morgan fingerprint density at radius 3 is 2.50 bits per heavy atom. The summed E-state index contributed by atoms with van der Waals surface area (Å²) in [7, 11) is 1.41. The number of unbranched alkanes of at least 4 members (excludes halogenated alkanes) is 3. The molecule has 1 saturated carbocycles. The smallest absolute Gasteiger partial charge is 0.305 e. The molecule has 4 nitrogen and oxygen atoms in total. The molecule has 2 rings (SSSR count). The quantitative estimate of drug-likeness (QED) is 0.584. The highest BCUT2D eigenvalue weighted by atomic mass is 16.5. The maximum absolute atomic E-state index is 12.3. The van der Waals surface area contributed by atoms with Crippen LogP contribution >= 0.6 is 0 Å². The predicted molar refractivity (Wildman–Crippen MR) is 92.8 cm³/mol. The molecule has 0 heterocycles. The average molecular weight is 332 g/mol. The highest BCUT2D eigenvalue weighted by Gasteiger charge is 2.41. The van der Waals surface area contributed by atoms with Gasteiger partial charge in [-0.3, -0.25) is 9.59 Å². The van der Waals surface area contributed by atoms with Gasteiger partial charge in [0.1, 0.15) is 5.78 Å². The molecule has 1 N–H and O–H groups in total. The fourth-order valence-electron chi connectivity index (χ4n) is 3.63. The number of hydrogen-bond donors (Lipinski definition) is 1. The Balaban J connectivity index is 1.84. The van der Waals surface area contributed by atoms with Crippen molar-refractivity contribution in [3.8, 4) is 0 Å². The van der Waals surface area contributed by atoms with Crippen LogP contribution in [0.5, 0.6) is 0 Å². The van der Waals surface area contributed by atoms with Crippen LogP contribution in [-0.4, -0.2) is 30.1 Å². The molecule has 0 unspecified atom stereocenters. The van der Waals surface area contributed by atoms with Crippen LogP contribution in [0.15, 0.2) is 24.3 Å². The number of benzene rings is 1. The number of rotatable bonds is 8. The first-order chi connectivity index (χ1) is 11.5.